The lowest BCUT2D eigenvalue weighted by Crippen LogP contribution is -2.54. The van der Waals surface area contributed by atoms with Gasteiger partial charge in [-0.25, -0.2) is 13.8 Å². The largest absolute Gasteiger partial charge is 0.396 e. The van der Waals surface area contributed by atoms with Crippen molar-refractivity contribution in [2.45, 2.75) is 18.2 Å². The number of fused-ring (bicyclic) bond motifs is 1. The monoisotopic (exact) mass is 439 g/mol. The van der Waals surface area contributed by atoms with E-state index < -0.39 is 0 Å². The molecule has 1 N–H and O–H groups in total. The summed E-state index contributed by atoms with van der Waals surface area (Å²) in [6.07, 6.45) is 5.11. The first-order valence-electron chi connectivity index (χ1n) is 10.9. The summed E-state index contributed by atoms with van der Waals surface area (Å²) in [5.74, 6) is 0.831. The number of ether oxygens (including phenoxy) is 1. The predicted molar refractivity (Wildman–Crippen MR) is 114 cm³/mol. The number of benzene rings is 1. The van der Waals surface area contributed by atoms with Gasteiger partial charge in [-0.2, -0.15) is 15.2 Å². The molecule has 0 amide bonds. The second-order valence-corrected chi connectivity index (χ2v) is 9.13. The second-order valence-electron chi connectivity index (χ2n) is 9.13. The molecule has 3 aliphatic rings. The van der Waals surface area contributed by atoms with Gasteiger partial charge in [-0.3, -0.25) is 4.90 Å². The SMILES string of the molecule is Cn1ncnc1N1C[C@H]2O[C@@]3(CN(Cc4cc(F)ccc4-n4cccn4)C[C@@H]3[C@@H]2CO)C1. The van der Waals surface area contributed by atoms with Crippen LogP contribution in [0, 0.1) is 17.7 Å². The Bertz CT molecular complexity index is 1120. The number of anilines is 1. The van der Waals surface area contributed by atoms with Crippen LogP contribution < -0.4 is 4.90 Å². The number of likely N-dealkylation sites (tertiary alicyclic amines) is 1. The molecule has 0 aliphatic carbocycles. The van der Waals surface area contributed by atoms with Crippen LogP contribution in [0.15, 0.2) is 43.0 Å². The van der Waals surface area contributed by atoms with Crippen molar-refractivity contribution in [1.82, 2.24) is 29.4 Å². The molecule has 3 saturated heterocycles. The van der Waals surface area contributed by atoms with Crippen LogP contribution in [0.25, 0.3) is 5.69 Å². The average Bonchev–Trinajstić information content (AvgIpc) is 3.53. The lowest BCUT2D eigenvalue weighted by atomic mass is 9.83. The van der Waals surface area contributed by atoms with Crippen LogP contribution in [-0.2, 0) is 18.3 Å². The first-order chi connectivity index (χ1) is 15.6. The number of morpholine rings is 1. The molecule has 0 saturated carbocycles. The number of hydrogen-bond acceptors (Lipinski definition) is 7. The molecule has 1 aromatic carbocycles. The zero-order valence-electron chi connectivity index (χ0n) is 17.9. The topological polar surface area (TPSA) is 84.5 Å². The van der Waals surface area contributed by atoms with Gasteiger partial charge in [0.15, 0.2) is 0 Å². The minimum Gasteiger partial charge on any atom is -0.396 e. The van der Waals surface area contributed by atoms with Gasteiger partial charge in [-0.15, -0.1) is 0 Å². The van der Waals surface area contributed by atoms with E-state index in [4.69, 9.17) is 4.74 Å². The van der Waals surface area contributed by atoms with Crippen LogP contribution in [0.2, 0.25) is 0 Å². The molecule has 3 aliphatic heterocycles. The first-order valence-corrected chi connectivity index (χ1v) is 10.9. The molecule has 3 fully saturated rings. The Morgan fingerprint density at radius 1 is 1.25 bits per heavy atom. The third-order valence-electron chi connectivity index (χ3n) is 7.23. The molecule has 10 heteroatoms. The lowest BCUT2D eigenvalue weighted by molar-refractivity contribution is -0.0651. The summed E-state index contributed by atoms with van der Waals surface area (Å²) in [5.41, 5.74) is 1.36. The molecule has 0 unspecified atom stereocenters. The fourth-order valence-electron chi connectivity index (χ4n) is 5.94. The highest BCUT2D eigenvalue weighted by Crippen LogP contribution is 2.49. The molecule has 2 bridgehead atoms. The summed E-state index contributed by atoms with van der Waals surface area (Å²) >= 11 is 0. The van der Waals surface area contributed by atoms with Crippen LogP contribution in [0.5, 0.6) is 0 Å². The van der Waals surface area contributed by atoms with Crippen molar-refractivity contribution in [3.05, 3.63) is 54.4 Å². The zero-order chi connectivity index (χ0) is 21.9. The van der Waals surface area contributed by atoms with E-state index in [-0.39, 0.29) is 36.0 Å². The van der Waals surface area contributed by atoms with Crippen LogP contribution in [-0.4, -0.2) is 79.0 Å². The minimum absolute atomic E-state index is 0.0357. The van der Waals surface area contributed by atoms with E-state index in [1.54, 1.807) is 34.0 Å². The quantitative estimate of drug-likeness (QED) is 0.631. The number of halogens is 1. The molecule has 2 aromatic heterocycles. The van der Waals surface area contributed by atoms with E-state index in [9.17, 15) is 9.50 Å². The molecule has 5 heterocycles. The van der Waals surface area contributed by atoms with Gasteiger partial charge in [0.2, 0.25) is 5.95 Å². The van der Waals surface area contributed by atoms with E-state index >= 15 is 0 Å². The van der Waals surface area contributed by atoms with Gasteiger partial charge >= 0.3 is 0 Å². The van der Waals surface area contributed by atoms with Gasteiger partial charge in [-0.05, 0) is 29.8 Å². The number of hydrogen-bond donors (Lipinski definition) is 1. The number of nitrogens with zero attached hydrogens (tertiary/aromatic N) is 7. The first kappa shape index (κ1) is 19.8. The Hall–Kier alpha value is -2.82. The Balaban J connectivity index is 1.29. The van der Waals surface area contributed by atoms with Crippen molar-refractivity contribution in [1.29, 1.82) is 0 Å². The molecule has 1 spiro atoms. The van der Waals surface area contributed by atoms with Crippen LogP contribution in [0.4, 0.5) is 10.3 Å². The number of aliphatic hydroxyl groups excluding tert-OH is 1. The maximum Gasteiger partial charge on any atom is 0.223 e. The number of aryl methyl sites for hydroxylation is 1. The summed E-state index contributed by atoms with van der Waals surface area (Å²) in [6.45, 7) is 3.58. The molecule has 168 valence electrons. The van der Waals surface area contributed by atoms with Crippen molar-refractivity contribution in [2.75, 3.05) is 37.7 Å². The van der Waals surface area contributed by atoms with Gasteiger partial charge in [0.1, 0.15) is 17.7 Å². The fraction of sp³-hybridized carbons (Fsp3) is 0.500. The Labute approximate surface area is 185 Å². The van der Waals surface area contributed by atoms with Crippen LogP contribution in [0.1, 0.15) is 5.56 Å². The van der Waals surface area contributed by atoms with E-state index in [0.29, 0.717) is 26.2 Å². The van der Waals surface area contributed by atoms with Crippen molar-refractivity contribution in [2.24, 2.45) is 18.9 Å². The molecule has 3 aromatic rings. The molecule has 4 atom stereocenters. The highest BCUT2D eigenvalue weighted by Gasteiger charge is 2.62. The summed E-state index contributed by atoms with van der Waals surface area (Å²) < 4.78 is 24.3. The Morgan fingerprint density at radius 3 is 2.91 bits per heavy atom. The maximum atomic E-state index is 14.1. The highest BCUT2D eigenvalue weighted by molar-refractivity contribution is 5.41. The molecule has 9 nitrogen and oxygen atoms in total. The van der Waals surface area contributed by atoms with Crippen LogP contribution >= 0.6 is 0 Å². The van der Waals surface area contributed by atoms with Gasteiger partial charge in [-0.1, -0.05) is 0 Å². The van der Waals surface area contributed by atoms with Gasteiger partial charge < -0.3 is 14.7 Å². The van der Waals surface area contributed by atoms with Gasteiger partial charge in [0, 0.05) is 64.1 Å². The fourth-order valence-corrected chi connectivity index (χ4v) is 5.94. The van der Waals surface area contributed by atoms with Gasteiger partial charge in [0.05, 0.1) is 18.3 Å². The molecular formula is C22H26FN7O2. The smallest absolute Gasteiger partial charge is 0.223 e. The molecular weight excluding hydrogens is 413 g/mol. The van der Waals surface area contributed by atoms with Crippen LogP contribution in [0.3, 0.4) is 0 Å². The Kier molecular flexibility index (Phi) is 4.56. The third kappa shape index (κ3) is 3.05. The second kappa shape index (κ2) is 7.36. The normalized spacial score (nSPS) is 29.6. The Morgan fingerprint density at radius 2 is 2.16 bits per heavy atom. The third-order valence-corrected chi connectivity index (χ3v) is 7.23. The van der Waals surface area contributed by atoms with Crippen molar-refractivity contribution < 1.29 is 14.2 Å². The van der Waals surface area contributed by atoms with Crippen molar-refractivity contribution in [3.63, 3.8) is 0 Å². The number of aromatic nitrogens is 5. The average molecular weight is 439 g/mol. The summed E-state index contributed by atoms with van der Waals surface area (Å²) in [4.78, 5) is 8.97. The van der Waals surface area contributed by atoms with Crippen molar-refractivity contribution in [3.8, 4) is 5.69 Å². The van der Waals surface area contributed by atoms with E-state index in [0.717, 1.165) is 23.7 Å². The number of rotatable bonds is 5. The molecule has 0 radical (unpaired) electrons. The molecule has 6 rings (SSSR count). The lowest BCUT2D eigenvalue weighted by Gasteiger charge is -2.40. The standard InChI is InChI=1S/C22H26FN7O2/c1-27-21(24-14-26-27)29-10-20-17(11-31)18-9-28(12-22(18,13-29)32-20)8-15-7-16(23)3-4-19(15)30-6-2-5-25-30/h2-7,14,17-18,20,31H,8-13H2,1H3/t17-,18+,20+,22-/m0/s1. The maximum absolute atomic E-state index is 14.1. The zero-order valence-corrected chi connectivity index (χ0v) is 17.9. The van der Waals surface area contributed by atoms with E-state index in [1.165, 1.54) is 6.07 Å². The summed E-state index contributed by atoms with van der Waals surface area (Å²) in [6, 6.07) is 6.68. The predicted octanol–water partition coefficient (Wildman–Crippen LogP) is 0.838. The number of aliphatic hydroxyl groups is 1. The summed E-state index contributed by atoms with van der Waals surface area (Å²) in [5, 5.41) is 18.7. The molecule has 32 heavy (non-hydrogen) atoms. The minimum atomic E-state index is -0.387. The van der Waals surface area contributed by atoms with E-state index in [1.807, 2.05) is 19.3 Å². The van der Waals surface area contributed by atoms with E-state index in [2.05, 4.69) is 25.0 Å². The highest BCUT2D eigenvalue weighted by atomic mass is 19.1. The van der Waals surface area contributed by atoms with Crippen molar-refractivity contribution >= 4 is 5.95 Å². The van der Waals surface area contributed by atoms with Gasteiger partial charge in [0.25, 0.3) is 0 Å². The summed E-state index contributed by atoms with van der Waals surface area (Å²) in [7, 11) is 1.89.